The minimum atomic E-state index is -0.449. The van der Waals surface area contributed by atoms with Crippen molar-refractivity contribution in [3.05, 3.63) is 65.5 Å². The highest BCUT2D eigenvalue weighted by Crippen LogP contribution is 2.04. The standard InChI is InChI=1S/C14H11N3O.BrH/c15-8-11-3-1-4-12(7-11)9-17-6-2-5-13(10-17)14(16)18;/h1-7,10H,9H2,(H-,16,18);1H. The van der Waals surface area contributed by atoms with E-state index in [1.807, 2.05) is 29.0 Å². The normalized spacial score (nSPS) is 9.21. The molecule has 0 aliphatic rings. The van der Waals surface area contributed by atoms with E-state index in [1.54, 1.807) is 24.4 Å². The van der Waals surface area contributed by atoms with E-state index in [4.69, 9.17) is 11.0 Å². The Morgan fingerprint density at radius 3 is 2.79 bits per heavy atom. The summed E-state index contributed by atoms with van der Waals surface area (Å²) in [5.41, 5.74) is 7.32. The van der Waals surface area contributed by atoms with Gasteiger partial charge in [-0.2, -0.15) is 9.83 Å². The maximum absolute atomic E-state index is 11.1. The smallest absolute Gasteiger partial charge is 0.254 e. The van der Waals surface area contributed by atoms with E-state index in [1.165, 1.54) is 0 Å². The SMILES string of the molecule is N#Cc1cccc(C[n+]2cccc(C(N)=O)c2)c1.[Br-]. The molecule has 0 aliphatic heterocycles. The van der Waals surface area contributed by atoms with Crippen molar-refractivity contribution in [2.24, 2.45) is 5.73 Å². The third-order valence-corrected chi connectivity index (χ3v) is 2.56. The topological polar surface area (TPSA) is 70.8 Å². The number of carbonyl (C=O) groups is 1. The van der Waals surface area contributed by atoms with Gasteiger partial charge in [0.05, 0.1) is 11.6 Å². The number of nitrogens with two attached hydrogens (primary N) is 1. The van der Waals surface area contributed by atoms with Crippen LogP contribution in [0.2, 0.25) is 0 Å². The number of carbonyl (C=O) groups excluding carboxylic acids is 1. The lowest BCUT2D eigenvalue weighted by Crippen LogP contribution is -3.00. The van der Waals surface area contributed by atoms with Gasteiger partial charge in [-0.1, -0.05) is 12.1 Å². The van der Waals surface area contributed by atoms with Crippen molar-refractivity contribution in [1.82, 2.24) is 0 Å². The van der Waals surface area contributed by atoms with Crippen molar-refractivity contribution in [2.75, 3.05) is 0 Å². The van der Waals surface area contributed by atoms with Crippen LogP contribution in [-0.2, 0) is 6.54 Å². The highest BCUT2D eigenvalue weighted by molar-refractivity contribution is 5.92. The van der Waals surface area contributed by atoms with Crippen LogP contribution in [0.25, 0.3) is 0 Å². The zero-order valence-electron chi connectivity index (χ0n) is 10.1. The summed E-state index contributed by atoms with van der Waals surface area (Å²) < 4.78 is 1.86. The van der Waals surface area contributed by atoms with E-state index in [0.29, 0.717) is 17.7 Å². The fourth-order valence-electron chi connectivity index (χ4n) is 1.72. The number of nitrogens with zero attached hydrogens (tertiary/aromatic N) is 2. The monoisotopic (exact) mass is 317 g/mol. The Kier molecular flexibility index (Phi) is 5.22. The maximum Gasteiger partial charge on any atom is 0.254 e. The Hall–Kier alpha value is -2.19. The Morgan fingerprint density at radius 1 is 1.32 bits per heavy atom. The summed E-state index contributed by atoms with van der Waals surface area (Å²) >= 11 is 0. The van der Waals surface area contributed by atoms with Gasteiger partial charge in [0.15, 0.2) is 18.9 Å². The minimum absolute atomic E-state index is 0. The lowest BCUT2D eigenvalue weighted by atomic mass is 10.1. The van der Waals surface area contributed by atoms with Gasteiger partial charge in [0, 0.05) is 11.6 Å². The quantitative estimate of drug-likeness (QED) is 0.665. The second kappa shape index (κ2) is 6.66. The number of amides is 1. The number of pyridine rings is 1. The molecule has 19 heavy (non-hydrogen) atoms. The fourth-order valence-corrected chi connectivity index (χ4v) is 1.72. The molecule has 0 saturated carbocycles. The first kappa shape index (κ1) is 14.9. The molecule has 5 heteroatoms. The van der Waals surface area contributed by atoms with Crippen LogP contribution in [0.4, 0.5) is 0 Å². The summed E-state index contributed by atoms with van der Waals surface area (Å²) in [6, 6.07) is 12.9. The molecule has 0 unspecified atom stereocenters. The summed E-state index contributed by atoms with van der Waals surface area (Å²) in [6.45, 7) is 0.594. The van der Waals surface area contributed by atoms with Gasteiger partial charge in [0.2, 0.25) is 0 Å². The number of primary amides is 1. The first-order chi connectivity index (χ1) is 8.69. The molecule has 2 rings (SSSR count). The molecule has 96 valence electrons. The number of aromatic nitrogens is 1. The van der Waals surface area contributed by atoms with Crippen LogP contribution < -0.4 is 27.3 Å². The molecule has 1 aromatic carbocycles. The molecule has 1 amide bonds. The van der Waals surface area contributed by atoms with Crippen LogP contribution in [0.5, 0.6) is 0 Å². The number of hydrogen-bond acceptors (Lipinski definition) is 2. The van der Waals surface area contributed by atoms with Gasteiger partial charge in [0.25, 0.3) is 5.91 Å². The van der Waals surface area contributed by atoms with Gasteiger partial charge in [0.1, 0.15) is 5.56 Å². The molecule has 2 aromatic rings. The molecule has 0 radical (unpaired) electrons. The first-order valence-corrected chi connectivity index (χ1v) is 5.47. The van der Waals surface area contributed by atoms with E-state index < -0.39 is 5.91 Å². The van der Waals surface area contributed by atoms with Crippen LogP contribution in [0.3, 0.4) is 0 Å². The maximum atomic E-state index is 11.1. The van der Waals surface area contributed by atoms with Crippen LogP contribution in [-0.4, -0.2) is 5.91 Å². The number of nitriles is 1. The van der Waals surface area contributed by atoms with Crippen LogP contribution in [0, 0.1) is 11.3 Å². The number of rotatable bonds is 3. The fraction of sp³-hybridized carbons (Fsp3) is 0.0714. The Morgan fingerprint density at radius 2 is 2.11 bits per heavy atom. The average Bonchev–Trinajstić information content (AvgIpc) is 2.39. The van der Waals surface area contributed by atoms with Crippen molar-refractivity contribution in [3.63, 3.8) is 0 Å². The summed E-state index contributed by atoms with van der Waals surface area (Å²) in [5, 5.41) is 8.83. The minimum Gasteiger partial charge on any atom is -1.00 e. The third kappa shape index (κ3) is 3.90. The largest absolute Gasteiger partial charge is 1.00 e. The van der Waals surface area contributed by atoms with Crippen molar-refractivity contribution in [1.29, 1.82) is 5.26 Å². The van der Waals surface area contributed by atoms with Gasteiger partial charge in [-0.25, -0.2) is 0 Å². The van der Waals surface area contributed by atoms with Crippen LogP contribution in [0.15, 0.2) is 48.8 Å². The lowest BCUT2D eigenvalue weighted by Gasteiger charge is -1.99. The number of halogens is 1. The third-order valence-electron chi connectivity index (χ3n) is 2.56. The summed E-state index contributed by atoms with van der Waals surface area (Å²) in [4.78, 5) is 11.1. The van der Waals surface area contributed by atoms with Crippen molar-refractivity contribution in [2.45, 2.75) is 6.54 Å². The molecular weight excluding hydrogens is 306 g/mol. The zero-order valence-corrected chi connectivity index (χ0v) is 11.7. The number of hydrogen-bond donors (Lipinski definition) is 1. The van der Waals surface area contributed by atoms with Crippen LogP contribution in [0.1, 0.15) is 21.5 Å². The molecule has 2 N–H and O–H groups in total. The predicted molar refractivity (Wildman–Crippen MR) is 65.4 cm³/mol. The molecule has 0 aliphatic carbocycles. The van der Waals surface area contributed by atoms with Gasteiger partial charge >= 0.3 is 0 Å². The Balaban J connectivity index is 0.00000180. The zero-order chi connectivity index (χ0) is 13.0. The first-order valence-electron chi connectivity index (χ1n) is 5.47. The molecule has 0 bridgehead atoms. The summed E-state index contributed by atoms with van der Waals surface area (Å²) in [7, 11) is 0. The van der Waals surface area contributed by atoms with E-state index in [9.17, 15) is 4.79 Å². The predicted octanol–water partition coefficient (Wildman–Crippen LogP) is -2.00. The van der Waals surface area contributed by atoms with Crippen molar-refractivity contribution in [3.8, 4) is 6.07 Å². The van der Waals surface area contributed by atoms with Crippen molar-refractivity contribution >= 4 is 5.91 Å². The van der Waals surface area contributed by atoms with Crippen molar-refractivity contribution < 1.29 is 26.3 Å². The van der Waals surface area contributed by atoms with Gasteiger partial charge in [-0.15, -0.1) is 0 Å². The molecule has 0 spiro atoms. The molecule has 1 heterocycles. The second-order valence-electron chi connectivity index (χ2n) is 3.94. The molecule has 4 nitrogen and oxygen atoms in total. The molecule has 0 saturated heterocycles. The van der Waals surface area contributed by atoms with E-state index in [-0.39, 0.29) is 17.0 Å². The highest BCUT2D eigenvalue weighted by Gasteiger charge is 2.08. The van der Waals surface area contributed by atoms with E-state index >= 15 is 0 Å². The Labute approximate surface area is 121 Å². The van der Waals surface area contributed by atoms with E-state index in [2.05, 4.69) is 6.07 Å². The summed E-state index contributed by atoms with van der Waals surface area (Å²) in [5.74, 6) is -0.449. The second-order valence-corrected chi connectivity index (χ2v) is 3.94. The van der Waals surface area contributed by atoms with E-state index in [0.717, 1.165) is 5.56 Å². The van der Waals surface area contributed by atoms with Crippen LogP contribution >= 0.6 is 0 Å². The lowest BCUT2D eigenvalue weighted by molar-refractivity contribution is -0.688. The molecule has 0 fully saturated rings. The van der Waals surface area contributed by atoms with Gasteiger partial charge in [-0.3, -0.25) is 4.79 Å². The Bertz CT molecular complexity index is 635. The molecule has 0 atom stereocenters. The van der Waals surface area contributed by atoms with Gasteiger partial charge < -0.3 is 22.7 Å². The molecule has 1 aromatic heterocycles. The molecular formula is C14H12BrN3O. The summed E-state index contributed by atoms with van der Waals surface area (Å²) in [6.07, 6.45) is 3.55. The number of benzene rings is 1. The highest BCUT2D eigenvalue weighted by atomic mass is 79.9. The average molecular weight is 318 g/mol. The van der Waals surface area contributed by atoms with Gasteiger partial charge in [-0.05, 0) is 18.2 Å².